The molecule has 1 saturated heterocycles. The minimum absolute atomic E-state index is 0.131. The van der Waals surface area contributed by atoms with Gasteiger partial charge in [-0.2, -0.15) is 0 Å². The minimum Gasteiger partial charge on any atom is -0.495 e. The summed E-state index contributed by atoms with van der Waals surface area (Å²) in [5.41, 5.74) is 0.890. The molecule has 3 rings (SSSR count). The largest absolute Gasteiger partial charge is 0.495 e. The fourth-order valence-corrected chi connectivity index (χ4v) is 2.90. The minimum atomic E-state index is -1.08. The molecule has 8 nitrogen and oxygen atoms in total. The number of hydrogen-bond donors (Lipinski definition) is 1. The van der Waals surface area contributed by atoms with Crippen LogP contribution < -0.4 is 15.0 Å². The SMILES string of the molecule is COc1ccccc1NC(=O)[C@H](C)OC(=O)c1cccc(N2C(=O)CCC2=O)c1. The molecule has 0 bridgehead atoms. The Labute approximate surface area is 167 Å². The molecule has 0 radical (unpaired) electrons. The van der Waals surface area contributed by atoms with Gasteiger partial charge >= 0.3 is 5.97 Å². The molecule has 0 aromatic heterocycles. The van der Waals surface area contributed by atoms with Crippen molar-refractivity contribution >= 4 is 35.1 Å². The Morgan fingerprint density at radius 1 is 1.03 bits per heavy atom. The summed E-state index contributed by atoms with van der Waals surface area (Å²) >= 11 is 0. The monoisotopic (exact) mass is 396 g/mol. The van der Waals surface area contributed by atoms with E-state index in [1.54, 1.807) is 36.4 Å². The van der Waals surface area contributed by atoms with Crippen molar-refractivity contribution < 1.29 is 28.7 Å². The molecule has 0 aliphatic carbocycles. The number of imide groups is 1. The molecule has 0 saturated carbocycles. The maximum absolute atomic E-state index is 12.4. The fraction of sp³-hybridized carbons (Fsp3) is 0.238. The van der Waals surface area contributed by atoms with Crippen molar-refractivity contribution in [3.63, 3.8) is 0 Å². The summed E-state index contributed by atoms with van der Waals surface area (Å²) in [7, 11) is 1.48. The highest BCUT2D eigenvalue weighted by Gasteiger charge is 2.30. The number of benzene rings is 2. The maximum atomic E-state index is 12.4. The summed E-state index contributed by atoms with van der Waals surface area (Å²) in [6.45, 7) is 1.44. The average Bonchev–Trinajstić information content (AvgIpc) is 3.06. The number of amides is 3. The van der Waals surface area contributed by atoms with Gasteiger partial charge in [0.25, 0.3) is 5.91 Å². The lowest BCUT2D eigenvalue weighted by Crippen LogP contribution is -2.30. The highest BCUT2D eigenvalue weighted by molar-refractivity contribution is 6.20. The summed E-state index contributed by atoms with van der Waals surface area (Å²) < 4.78 is 10.4. The van der Waals surface area contributed by atoms with Crippen LogP contribution in [0.15, 0.2) is 48.5 Å². The molecular weight excluding hydrogens is 376 g/mol. The summed E-state index contributed by atoms with van der Waals surface area (Å²) in [5.74, 6) is -1.42. The fourth-order valence-electron chi connectivity index (χ4n) is 2.90. The number of carbonyl (C=O) groups is 4. The van der Waals surface area contributed by atoms with Gasteiger partial charge in [-0.05, 0) is 37.3 Å². The summed E-state index contributed by atoms with van der Waals surface area (Å²) in [5, 5.41) is 2.65. The van der Waals surface area contributed by atoms with Crippen molar-refractivity contribution in [1.29, 1.82) is 0 Å². The Kier molecular flexibility index (Phi) is 5.92. The zero-order chi connectivity index (χ0) is 21.0. The van der Waals surface area contributed by atoms with E-state index in [1.165, 1.54) is 26.2 Å². The van der Waals surface area contributed by atoms with E-state index in [-0.39, 0.29) is 30.2 Å². The van der Waals surface area contributed by atoms with Crippen molar-refractivity contribution in [2.24, 2.45) is 0 Å². The predicted molar refractivity (Wildman–Crippen MR) is 105 cm³/mol. The van der Waals surface area contributed by atoms with Gasteiger partial charge in [-0.3, -0.25) is 19.3 Å². The lowest BCUT2D eigenvalue weighted by Gasteiger charge is -2.17. The second kappa shape index (κ2) is 8.55. The van der Waals surface area contributed by atoms with E-state index in [0.29, 0.717) is 17.1 Å². The molecule has 0 unspecified atom stereocenters. The lowest BCUT2D eigenvalue weighted by atomic mass is 10.2. The van der Waals surface area contributed by atoms with Gasteiger partial charge < -0.3 is 14.8 Å². The number of carbonyl (C=O) groups excluding carboxylic acids is 4. The van der Waals surface area contributed by atoms with E-state index < -0.39 is 18.0 Å². The van der Waals surface area contributed by atoms with Crippen molar-refractivity contribution in [3.05, 3.63) is 54.1 Å². The topological polar surface area (TPSA) is 102 Å². The van der Waals surface area contributed by atoms with Crippen LogP contribution in [0, 0.1) is 0 Å². The third-order valence-electron chi connectivity index (χ3n) is 4.41. The molecule has 2 aromatic carbocycles. The standard InChI is InChI=1S/C21H20N2O6/c1-13(20(26)22-16-8-3-4-9-17(16)28-2)29-21(27)14-6-5-7-15(12-14)23-18(24)10-11-19(23)25/h3-9,12-13H,10-11H2,1-2H3,(H,22,26)/t13-/m0/s1. The van der Waals surface area contributed by atoms with Gasteiger partial charge in [-0.25, -0.2) is 4.79 Å². The zero-order valence-corrected chi connectivity index (χ0v) is 16.0. The highest BCUT2D eigenvalue weighted by Crippen LogP contribution is 2.25. The molecule has 8 heteroatoms. The lowest BCUT2D eigenvalue weighted by molar-refractivity contribution is -0.124. The first-order chi connectivity index (χ1) is 13.9. The third-order valence-corrected chi connectivity index (χ3v) is 4.41. The first-order valence-electron chi connectivity index (χ1n) is 9.01. The first-order valence-corrected chi connectivity index (χ1v) is 9.01. The van der Waals surface area contributed by atoms with E-state index in [2.05, 4.69) is 5.32 Å². The van der Waals surface area contributed by atoms with Crippen molar-refractivity contribution in [1.82, 2.24) is 0 Å². The van der Waals surface area contributed by atoms with Gasteiger partial charge in [-0.15, -0.1) is 0 Å². The van der Waals surface area contributed by atoms with Gasteiger partial charge in [0.15, 0.2) is 6.10 Å². The molecular formula is C21H20N2O6. The average molecular weight is 396 g/mol. The van der Waals surface area contributed by atoms with Gasteiger partial charge in [0.1, 0.15) is 5.75 Å². The zero-order valence-electron chi connectivity index (χ0n) is 16.0. The summed E-state index contributed by atoms with van der Waals surface area (Å²) in [4.78, 5) is 49.6. The van der Waals surface area contributed by atoms with Crippen LogP contribution in [0.2, 0.25) is 0 Å². The highest BCUT2D eigenvalue weighted by atomic mass is 16.5. The molecule has 29 heavy (non-hydrogen) atoms. The third kappa shape index (κ3) is 4.43. The van der Waals surface area contributed by atoms with Crippen LogP contribution >= 0.6 is 0 Å². The predicted octanol–water partition coefficient (Wildman–Crippen LogP) is 2.53. The van der Waals surface area contributed by atoms with Crippen molar-refractivity contribution in [2.75, 3.05) is 17.3 Å². The molecule has 2 aromatic rings. The smallest absolute Gasteiger partial charge is 0.338 e. The number of nitrogens with one attached hydrogen (secondary N) is 1. The molecule has 1 N–H and O–H groups in total. The van der Waals surface area contributed by atoms with E-state index in [4.69, 9.17) is 9.47 Å². The van der Waals surface area contributed by atoms with Crippen LogP contribution in [0.5, 0.6) is 5.75 Å². The van der Waals surface area contributed by atoms with E-state index >= 15 is 0 Å². The van der Waals surface area contributed by atoms with Crippen LogP contribution in [0.1, 0.15) is 30.1 Å². The maximum Gasteiger partial charge on any atom is 0.338 e. The van der Waals surface area contributed by atoms with Crippen LogP contribution in [0.3, 0.4) is 0 Å². The molecule has 1 aliphatic rings. The van der Waals surface area contributed by atoms with Crippen LogP contribution in [-0.4, -0.2) is 36.9 Å². The van der Waals surface area contributed by atoms with E-state index in [1.807, 2.05) is 0 Å². The molecule has 1 atom stereocenters. The van der Waals surface area contributed by atoms with Crippen LogP contribution in [0.4, 0.5) is 11.4 Å². The van der Waals surface area contributed by atoms with Crippen molar-refractivity contribution in [2.45, 2.75) is 25.9 Å². The molecule has 0 spiro atoms. The quantitative estimate of drug-likeness (QED) is 0.595. The van der Waals surface area contributed by atoms with Gasteiger partial charge in [0.2, 0.25) is 11.8 Å². The Morgan fingerprint density at radius 3 is 2.41 bits per heavy atom. The second-order valence-electron chi connectivity index (χ2n) is 6.41. The number of para-hydroxylation sites is 2. The summed E-state index contributed by atoms with van der Waals surface area (Å²) in [6.07, 6.45) is -0.785. The number of rotatable bonds is 6. The van der Waals surface area contributed by atoms with Crippen LogP contribution in [-0.2, 0) is 19.1 Å². The van der Waals surface area contributed by atoms with E-state index in [9.17, 15) is 19.2 Å². The number of nitrogens with zero attached hydrogens (tertiary/aromatic N) is 1. The van der Waals surface area contributed by atoms with Gasteiger partial charge in [0, 0.05) is 12.8 Å². The molecule has 3 amide bonds. The Hall–Kier alpha value is -3.68. The Balaban J connectivity index is 1.68. The number of methoxy groups -OCH3 is 1. The van der Waals surface area contributed by atoms with Gasteiger partial charge in [-0.1, -0.05) is 18.2 Å². The van der Waals surface area contributed by atoms with E-state index in [0.717, 1.165) is 4.90 Å². The van der Waals surface area contributed by atoms with Crippen LogP contribution in [0.25, 0.3) is 0 Å². The first kappa shape index (κ1) is 20.1. The Bertz CT molecular complexity index is 955. The molecule has 1 fully saturated rings. The molecule has 150 valence electrons. The number of hydrogen-bond acceptors (Lipinski definition) is 6. The van der Waals surface area contributed by atoms with Gasteiger partial charge in [0.05, 0.1) is 24.0 Å². The Morgan fingerprint density at radius 2 is 1.72 bits per heavy atom. The number of ether oxygens (including phenoxy) is 2. The summed E-state index contributed by atoms with van der Waals surface area (Å²) in [6, 6.07) is 12.9. The molecule has 1 aliphatic heterocycles. The number of esters is 1. The number of anilines is 2. The van der Waals surface area contributed by atoms with Crippen molar-refractivity contribution in [3.8, 4) is 5.75 Å². The normalized spacial score (nSPS) is 14.5. The molecule has 1 heterocycles. The second-order valence-corrected chi connectivity index (χ2v) is 6.41.